The van der Waals surface area contributed by atoms with Gasteiger partial charge in [0.05, 0.1) is 0 Å². The minimum Gasteiger partial charge on any atom is -0.320 e. The molecule has 2 fully saturated rings. The molecule has 0 aromatic carbocycles. The monoisotopic (exact) mass is 268 g/mol. The summed E-state index contributed by atoms with van der Waals surface area (Å²) in [6.07, 6.45) is 14.4. The van der Waals surface area contributed by atoms with E-state index in [1.165, 1.54) is 70.8 Å². The third-order valence-corrected chi connectivity index (χ3v) is 4.95. The average Bonchev–Trinajstić information content (AvgIpc) is 2.48. The molecule has 0 aromatic heterocycles. The van der Waals surface area contributed by atoms with Gasteiger partial charge in [0, 0.05) is 6.04 Å². The first-order valence-corrected chi connectivity index (χ1v) is 8.58. The van der Waals surface area contributed by atoms with E-state index < -0.39 is 0 Å². The van der Waals surface area contributed by atoms with Crippen LogP contribution in [0.1, 0.15) is 71.1 Å². The summed E-state index contributed by atoms with van der Waals surface area (Å²) in [4.78, 5) is 0. The van der Waals surface area contributed by atoms with Gasteiger partial charge >= 0.3 is 0 Å². The first-order valence-electron chi connectivity index (χ1n) is 8.58. The van der Waals surface area contributed by atoms with Gasteiger partial charge in [-0.15, -0.1) is 0 Å². The zero-order valence-corrected chi connectivity index (χ0v) is 13.5. The molecule has 0 atom stereocenters. The molecule has 0 unspecified atom stereocenters. The first kappa shape index (κ1) is 17.0. The molecule has 0 radical (unpaired) electrons. The second kappa shape index (κ2) is 10.7. The molecule has 2 rings (SSSR count). The van der Waals surface area contributed by atoms with Gasteiger partial charge in [-0.3, -0.25) is 0 Å². The topological polar surface area (TPSA) is 24.1 Å². The second-order valence-corrected chi connectivity index (χ2v) is 6.64. The molecule has 0 bridgehead atoms. The van der Waals surface area contributed by atoms with Crippen LogP contribution < -0.4 is 10.6 Å². The largest absolute Gasteiger partial charge is 0.320 e. The molecule has 0 spiro atoms. The molecule has 114 valence electrons. The van der Waals surface area contributed by atoms with E-state index in [0.29, 0.717) is 0 Å². The summed E-state index contributed by atoms with van der Waals surface area (Å²) in [7, 11) is 4.11. The highest BCUT2D eigenvalue weighted by Crippen LogP contribution is 2.25. The smallest absolute Gasteiger partial charge is 0.00642 e. The van der Waals surface area contributed by atoms with Gasteiger partial charge in [-0.2, -0.15) is 0 Å². The summed E-state index contributed by atoms with van der Waals surface area (Å²) in [6.45, 7) is 3.57. The molecule has 2 aliphatic carbocycles. The maximum absolute atomic E-state index is 3.32. The van der Waals surface area contributed by atoms with Crippen LogP contribution in [0.5, 0.6) is 0 Å². The normalized spacial score (nSPS) is 28.6. The Hall–Kier alpha value is -0.0800. The molecule has 0 amide bonds. The quantitative estimate of drug-likeness (QED) is 0.806. The predicted molar refractivity (Wildman–Crippen MR) is 85.6 cm³/mol. The second-order valence-electron chi connectivity index (χ2n) is 6.64. The van der Waals surface area contributed by atoms with Crippen molar-refractivity contribution >= 4 is 0 Å². The Kier molecular flexibility index (Phi) is 9.54. The van der Waals surface area contributed by atoms with Gasteiger partial charge < -0.3 is 10.6 Å². The number of hydrogen-bond acceptors (Lipinski definition) is 2. The number of rotatable bonds is 4. The Bertz CT molecular complexity index is 191. The fraction of sp³-hybridized carbons (Fsp3) is 1.00. The van der Waals surface area contributed by atoms with Crippen LogP contribution in [0.4, 0.5) is 0 Å². The van der Waals surface area contributed by atoms with Crippen LogP contribution in [0.15, 0.2) is 0 Å². The van der Waals surface area contributed by atoms with E-state index in [1.54, 1.807) is 0 Å². The van der Waals surface area contributed by atoms with E-state index >= 15 is 0 Å². The Labute approximate surface area is 121 Å². The Morgan fingerprint density at radius 2 is 1.47 bits per heavy atom. The molecular weight excluding hydrogens is 232 g/mol. The molecule has 0 heterocycles. The molecule has 0 aliphatic heterocycles. The zero-order chi connectivity index (χ0) is 13.9. The van der Waals surface area contributed by atoms with Crippen molar-refractivity contribution in [3.63, 3.8) is 0 Å². The van der Waals surface area contributed by atoms with Crippen molar-refractivity contribution in [3.8, 4) is 0 Å². The van der Waals surface area contributed by atoms with E-state index in [-0.39, 0.29) is 0 Å². The van der Waals surface area contributed by atoms with Crippen molar-refractivity contribution in [2.45, 2.75) is 77.2 Å². The lowest BCUT2D eigenvalue weighted by Crippen LogP contribution is -2.29. The van der Waals surface area contributed by atoms with Crippen molar-refractivity contribution < 1.29 is 0 Å². The fourth-order valence-electron chi connectivity index (χ4n) is 3.37. The lowest BCUT2D eigenvalue weighted by atomic mass is 9.87. The molecule has 2 N–H and O–H groups in total. The standard InChI is InChI=1S/C9H19N.C8H17N/c1-10-8-7-9-5-3-2-4-6-9;1-7-3-5-8(9-2)6-4-7/h9-10H,2-8H2,1H3;7-9H,3-6H2,1-2H3. The maximum Gasteiger partial charge on any atom is 0.00642 e. The van der Waals surface area contributed by atoms with Crippen molar-refractivity contribution in [2.75, 3.05) is 20.6 Å². The van der Waals surface area contributed by atoms with Crippen molar-refractivity contribution in [1.29, 1.82) is 0 Å². The lowest BCUT2D eigenvalue weighted by molar-refractivity contribution is 0.319. The molecule has 2 heteroatoms. The van der Waals surface area contributed by atoms with Gasteiger partial charge in [-0.1, -0.05) is 39.0 Å². The molecule has 2 nitrogen and oxygen atoms in total. The Morgan fingerprint density at radius 3 is 2.00 bits per heavy atom. The highest BCUT2D eigenvalue weighted by atomic mass is 14.9. The molecule has 2 saturated carbocycles. The maximum atomic E-state index is 3.32. The van der Waals surface area contributed by atoms with Gasteiger partial charge in [0.1, 0.15) is 0 Å². The third kappa shape index (κ3) is 7.94. The van der Waals surface area contributed by atoms with Crippen LogP contribution in [-0.2, 0) is 0 Å². The Balaban J connectivity index is 0.000000191. The molecular formula is C17H36N2. The summed E-state index contributed by atoms with van der Waals surface area (Å²) in [5.74, 6) is 2.02. The predicted octanol–water partition coefficient (Wildman–Crippen LogP) is 3.96. The van der Waals surface area contributed by atoms with E-state index in [9.17, 15) is 0 Å². The highest BCUT2D eigenvalue weighted by molar-refractivity contribution is 4.73. The number of nitrogens with one attached hydrogen (secondary N) is 2. The minimum atomic E-state index is 0.821. The summed E-state index contributed by atoms with van der Waals surface area (Å²) in [5.41, 5.74) is 0. The summed E-state index contributed by atoms with van der Waals surface area (Å²) in [5, 5.41) is 6.54. The van der Waals surface area contributed by atoms with Crippen LogP contribution in [0.3, 0.4) is 0 Å². The molecule has 2 aliphatic rings. The molecule has 0 aromatic rings. The lowest BCUT2D eigenvalue weighted by Gasteiger charge is -2.25. The summed E-state index contributed by atoms with van der Waals surface area (Å²) < 4.78 is 0. The van der Waals surface area contributed by atoms with Gasteiger partial charge in [0.2, 0.25) is 0 Å². The first-order chi connectivity index (χ1) is 9.26. The molecule has 0 saturated heterocycles. The van der Waals surface area contributed by atoms with E-state index in [2.05, 4.69) is 24.6 Å². The Morgan fingerprint density at radius 1 is 0.842 bits per heavy atom. The van der Waals surface area contributed by atoms with Crippen LogP contribution in [0.25, 0.3) is 0 Å². The summed E-state index contributed by atoms with van der Waals surface area (Å²) in [6, 6.07) is 0.821. The van der Waals surface area contributed by atoms with Gasteiger partial charge in [-0.25, -0.2) is 0 Å². The number of hydrogen-bond donors (Lipinski definition) is 2. The minimum absolute atomic E-state index is 0.821. The van der Waals surface area contributed by atoms with Crippen LogP contribution in [0, 0.1) is 11.8 Å². The van der Waals surface area contributed by atoms with E-state index in [4.69, 9.17) is 0 Å². The van der Waals surface area contributed by atoms with Crippen molar-refractivity contribution in [2.24, 2.45) is 11.8 Å². The van der Waals surface area contributed by atoms with Gasteiger partial charge in [-0.05, 0) is 64.6 Å². The highest BCUT2D eigenvalue weighted by Gasteiger charge is 2.15. The van der Waals surface area contributed by atoms with Gasteiger partial charge in [0.25, 0.3) is 0 Å². The van der Waals surface area contributed by atoms with Crippen LogP contribution in [0.2, 0.25) is 0 Å². The van der Waals surface area contributed by atoms with Crippen LogP contribution >= 0.6 is 0 Å². The summed E-state index contributed by atoms with van der Waals surface area (Å²) >= 11 is 0. The van der Waals surface area contributed by atoms with Crippen LogP contribution in [-0.4, -0.2) is 26.7 Å². The van der Waals surface area contributed by atoms with Crippen molar-refractivity contribution in [1.82, 2.24) is 10.6 Å². The fourth-order valence-corrected chi connectivity index (χ4v) is 3.37. The SMILES string of the molecule is CNC1CCC(C)CC1.CNCCC1CCCCC1. The zero-order valence-electron chi connectivity index (χ0n) is 13.5. The van der Waals surface area contributed by atoms with Gasteiger partial charge in [0.15, 0.2) is 0 Å². The van der Waals surface area contributed by atoms with E-state index in [0.717, 1.165) is 17.9 Å². The molecule has 19 heavy (non-hydrogen) atoms. The van der Waals surface area contributed by atoms with E-state index in [1.807, 2.05) is 7.05 Å². The third-order valence-electron chi connectivity index (χ3n) is 4.95. The average molecular weight is 268 g/mol. The van der Waals surface area contributed by atoms with Crippen molar-refractivity contribution in [3.05, 3.63) is 0 Å².